The maximum Gasteiger partial charge on any atom is 0.418 e. The van der Waals surface area contributed by atoms with E-state index in [4.69, 9.17) is 4.74 Å². The predicted molar refractivity (Wildman–Crippen MR) is 110 cm³/mol. The van der Waals surface area contributed by atoms with Gasteiger partial charge in [-0.05, 0) is 44.0 Å². The third-order valence-electron chi connectivity index (χ3n) is 4.54. The number of rotatable bonds is 4. The Morgan fingerprint density at radius 1 is 1.13 bits per heavy atom. The van der Waals surface area contributed by atoms with Gasteiger partial charge in [-0.1, -0.05) is 30.3 Å². The van der Waals surface area contributed by atoms with Crippen molar-refractivity contribution >= 4 is 23.3 Å². The Kier molecular flexibility index (Phi) is 5.60. The van der Waals surface area contributed by atoms with Crippen molar-refractivity contribution in [3.8, 4) is 0 Å². The van der Waals surface area contributed by atoms with E-state index in [1.165, 1.54) is 24.3 Å². The number of imide groups is 1. The zero-order valence-corrected chi connectivity index (χ0v) is 16.9. The van der Waals surface area contributed by atoms with E-state index in [2.05, 4.69) is 0 Å². The van der Waals surface area contributed by atoms with E-state index in [1.54, 1.807) is 20.8 Å². The van der Waals surface area contributed by atoms with Crippen LogP contribution < -0.4 is 0 Å². The predicted octanol–water partition coefficient (Wildman–Crippen LogP) is 4.25. The van der Waals surface area contributed by atoms with Gasteiger partial charge in [0, 0.05) is 18.6 Å². The molecule has 0 fully saturated rings. The van der Waals surface area contributed by atoms with Crippen LogP contribution in [-0.2, 0) is 16.0 Å². The van der Waals surface area contributed by atoms with Gasteiger partial charge in [0.15, 0.2) is 0 Å². The zero-order valence-electron chi connectivity index (χ0n) is 16.9. The summed E-state index contributed by atoms with van der Waals surface area (Å²) in [7, 11) is 0. The molecular weight excluding hydrogens is 388 g/mol. The molecule has 2 aromatic rings. The van der Waals surface area contributed by atoms with Crippen LogP contribution in [0.4, 0.5) is 10.5 Å². The molecule has 1 aliphatic heterocycles. The highest BCUT2D eigenvalue weighted by Crippen LogP contribution is 2.35. The third kappa shape index (κ3) is 4.32. The summed E-state index contributed by atoms with van der Waals surface area (Å²) >= 11 is 0. The van der Waals surface area contributed by atoms with Gasteiger partial charge >= 0.3 is 6.09 Å². The fourth-order valence-corrected chi connectivity index (χ4v) is 3.23. The Bertz CT molecular complexity index is 1010. The van der Waals surface area contributed by atoms with E-state index in [0.29, 0.717) is 0 Å². The Hall–Kier alpha value is -3.68. The van der Waals surface area contributed by atoms with Gasteiger partial charge in [-0.25, -0.2) is 9.69 Å². The molecule has 156 valence electrons. The molecule has 0 saturated carbocycles. The molecule has 0 radical (unpaired) electrons. The van der Waals surface area contributed by atoms with Crippen molar-refractivity contribution in [2.75, 3.05) is 0 Å². The third-order valence-corrected chi connectivity index (χ3v) is 4.54. The number of hydrogen-bond acceptors (Lipinski definition) is 6. The second-order valence-corrected chi connectivity index (χ2v) is 7.93. The molecule has 8 heteroatoms. The summed E-state index contributed by atoms with van der Waals surface area (Å²) in [4.78, 5) is 37.2. The van der Waals surface area contributed by atoms with E-state index in [0.717, 1.165) is 10.5 Å². The number of hydrogen-bond donors (Lipinski definition) is 1. The van der Waals surface area contributed by atoms with E-state index in [-0.39, 0.29) is 29.0 Å². The first-order chi connectivity index (χ1) is 14.1. The highest BCUT2D eigenvalue weighted by atomic mass is 16.6. The lowest BCUT2D eigenvalue weighted by atomic mass is 10.0. The number of nitro benzene ring substituents is 1. The average Bonchev–Trinajstić information content (AvgIpc) is 2.91. The lowest BCUT2D eigenvalue weighted by molar-refractivity contribution is -0.384. The van der Waals surface area contributed by atoms with Crippen molar-refractivity contribution in [3.63, 3.8) is 0 Å². The fourth-order valence-electron chi connectivity index (χ4n) is 3.23. The Balaban J connectivity index is 2.02. The number of nitrogens with zero attached hydrogens (tertiary/aromatic N) is 2. The Labute approximate surface area is 173 Å². The number of benzene rings is 2. The zero-order chi connectivity index (χ0) is 22.1. The standard InChI is InChI=1S/C22H22N2O6/c1-22(2,3)30-21(27)23-17(13-14-7-5-4-6-8-14)19(25)18(20(23)26)15-9-11-16(12-10-15)24(28)29/h4-12,17,25H,13H2,1-3H3/t17-/m0/s1. The van der Waals surface area contributed by atoms with Crippen LogP contribution in [0.3, 0.4) is 0 Å². The van der Waals surface area contributed by atoms with Gasteiger partial charge in [-0.15, -0.1) is 0 Å². The molecule has 0 unspecified atom stereocenters. The number of ether oxygens (including phenoxy) is 1. The molecule has 0 aromatic heterocycles. The maximum absolute atomic E-state index is 13.1. The lowest BCUT2D eigenvalue weighted by Crippen LogP contribution is -2.44. The molecule has 3 rings (SSSR count). The molecule has 0 aliphatic carbocycles. The summed E-state index contributed by atoms with van der Waals surface area (Å²) < 4.78 is 5.38. The minimum absolute atomic E-state index is 0.0725. The molecule has 0 spiro atoms. The van der Waals surface area contributed by atoms with Crippen LogP contribution in [0.5, 0.6) is 0 Å². The van der Waals surface area contributed by atoms with Crippen LogP contribution in [0.1, 0.15) is 31.9 Å². The summed E-state index contributed by atoms with van der Waals surface area (Å²) in [6.07, 6.45) is -0.661. The normalized spacial score (nSPS) is 16.7. The quantitative estimate of drug-likeness (QED) is 0.596. The molecule has 1 N–H and O–H groups in total. The van der Waals surface area contributed by atoms with Crippen LogP contribution in [0, 0.1) is 10.1 Å². The molecule has 1 heterocycles. The molecule has 2 aromatic carbocycles. The summed E-state index contributed by atoms with van der Waals surface area (Å²) in [5.74, 6) is -0.986. The van der Waals surface area contributed by atoms with Crippen molar-refractivity contribution in [2.45, 2.75) is 38.8 Å². The fraction of sp³-hybridized carbons (Fsp3) is 0.273. The van der Waals surface area contributed by atoms with Gasteiger partial charge in [0.2, 0.25) is 0 Å². The van der Waals surface area contributed by atoms with Crippen molar-refractivity contribution in [3.05, 3.63) is 81.6 Å². The van der Waals surface area contributed by atoms with Gasteiger partial charge in [0.25, 0.3) is 11.6 Å². The minimum atomic E-state index is -0.944. The number of carbonyl (C=O) groups is 2. The van der Waals surface area contributed by atoms with Crippen LogP contribution in [0.2, 0.25) is 0 Å². The summed E-state index contributed by atoms with van der Waals surface area (Å²) in [6.45, 7) is 5.05. The average molecular weight is 410 g/mol. The summed E-state index contributed by atoms with van der Waals surface area (Å²) in [6, 6.07) is 13.4. The number of amides is 2. The topological polar surface area (TPSA) is 110 Å². The Morgan fingerprint density at radius 2 is 1.73 bits per heavy atom. The number of nitro groups is 1. The van der Waals surface area contributed by atoms with Crippen molar-refractivity contribution in [2.24, 2.45) is 0 Å². The lowest BCUT2D eigenvalue weighted by Gasteiger charge is -2.27. The molecule has 8 nitrogen and oxygen atoms in total. The Morgan fingerprint density at radius 3 is 2.27 bits per heavy atom. The van der Waals surface area contributed by atoms with Gasteiger partial charge in [-0.2, -0.15) is 0 Å². The van der Waals surface area contributed by atoms with Crippen molar-refractivity contribution in [1.82, 2.24) is 4.90 Å². The number of carbonyl (C=O) groups excluding carboxylic acids is 2. The number of aliphatic hydroxyl groups excluding tert-OH is 1. The summed E-state index contributed by atoms with van der Waals surface area (Å²) in [5, 5.41) is 21.8. The smallest absolute Gasteiger partial charge is 0.418 e. The van der Waals surface area contributed by atoms with Crippen LogP contribution >= 0.6 is 0 Å². The van der Waals surface area contributed by atoms with E-state index in [9.17, 15) is 24.8 Å². The van der Waals surface area contributed by atoms with Crippen molar-refractivity contribution in [1.29, 1.82) is 0 Å². The van der Waals surface area contributed by atoms with Crippen molar-refractivity contribution < 1.29 is 24.4 Å². The molecular formula is C22H22N2O6. The van der Waals surface area contributed by atoms with E-state index < -0.39 is 28.6 Å². The molecule has 1 atom stereocenters. The molecule has 1 aliphatic rings. The highest BCUT2D eigenvalue weighted by molar-refractivity contribution is 6.26. The first-order valence-corrected chi connectivity index (χ1v) is 9.37. The van der Waals surface area contributed by atoms with Gasteiger partial charge in [0.05, 0.1) is 10.5 Å². The number of aliphatic hydroxyl groups is 1. The van der Waals surface area contributed by atoms with E-state index in [1.807, 2.05) is 30.3 Å². The van der Waals surface area contributed by atoms with Crippen LogP contribution in [0.25, 0.3) is 5.57 Å². The summed E-state index contributed by atoms with van der Waals surface area (Å²) in [5.41, 5.74) is 0.0545. The molecule has 2 amide bonds. The number of non-ortho nitro benzene ring substituents is 1. The second-order valence-electron chi connectivity index (χ2n) is 7.93. The second kappa shape index (κ2) is 7.98. The largest absolute Gasteiger partial charge is 0.509 e. The van der Waals surface area contributed by atoms with E-state index >= 15 is 0 Å². The van der Waals surface area contributed by atoms with Gasteiger partial charge in [0.1, 0.15) is 17.4 Å². The van der Waals surface area contributed by atoms with Gasteiger partial charge in [-0.3, -0.25) is 14.9 Å². The first kappa shape index (κ1) is 21.0. The molecule has 30 heavy (non-hydrogen) atoms. The SMILES string of the molecule is CC(C)(C)OC(=O)N1C(=O)C(c2ccc([N+](=O)[O-])cc2)=C(O)[C@@H]1Cc1ccccc1. The van der Waals surface area contributed by atoms with Crippen LogP contribution in [0.15, 0.2) is 60.4 Å². The highest BCUT2D eigenvalue weighted by Gasteiger charge is 2.45. The first-order valence-electron chi connectivity index (χ1n) is 9.37. The molecule has 0 bridgehead atoms. The van der Waals surface area contributed by atoms with Crippen LogP contribution in [-0.4, -0.2) is 38.6 Å². The maximum atomic E-state index is 13.1. The minimum Gasteiger partial charge on any atom is -0.509 e. The monoisotopic (exact) mass is 410 g/mol. The molecule has 0 saturated heterocycles. The van der Waals surface area contributed by atoms with Gasteiger partial charge < -0.3 is 9.84 Å².